The Balaban J connectivity index is 1.50. The van der Waals surface area contributed by atoms with Gasteiger partial charge >= 0.3 is 0 Å². The van der Waals surface area contributed by atoms with Crippen LogP contribution in [0.5, 0.6) is 0 Å². The van der Waals surface area contributed by atoms with Gasteiger partial charge < -0.3 is 10.2 Å². The average Bonchev–Trinajstić information content (AvgIpc) is 2.55. The molecule has 25 heavy (non-hydrogen) atoms. The summed E-state index contributed by atoms with van der Waals surface area (Å²) in [5.74, 6) is -2.06. The van der Waals surface area contributed by atoms with Gasteiger partial charge in [0.1, 0.15) is 17.5 Å². The molecule has 1 aliphatic rings. The molecule has 1 N–H and O–H groups in total. The van der Waals surface area contributed by atoms with Gasteiger partial charge in [0.2, 0.25) is 5.91 Å². The molecule has 132 valence electrons. The fraction of sp³-hybridized carbons (Fsp3) is 0.278. The second kappa shape index (κ2) is 7.57. The lowest BCUT2D eigenvalue weighted by Crippen LogP contribution is -2.48. The van der Waals surface area contributed by atoms with Crippen LogP contribution in [-0.2, 0) is 4.79 Å². The zero-order valence-electron chi connectivity index (χ0n) is 13.5. The van der Waals surface area contributed by atoms with E-state index in [9.17, 15) is 18.0 Å². The topological polar surface area (TPSA) is 35.6 Å². The average molecular weight is 349 g/mol. The van der Waals surface area contributed by atoms with Crippen LogP contribution in [0.1, 0.15) is 0 Å². The molecule has 0 radical (unpaired) electrons. The van der Waals surface area contributed by atoms with Crippen molar-refractivity contribution < 1.29 is 18.0 Å². The van der Waals surface area contributed by atoms with Crippen molar-refractivity contribution in [2.45, 2.75) is 0 Å². The molecule has 1 saturated heterocycles. The van der Waals surface area contributed by atoms with Crippen molar-refractivity contribution in [2.75, 3.05) is 42.9 Å². The standard InChI is InChI=1S/C18H18F3N3O/c19-13-1-3-17(4-2-13)24-7-5-23(6-8-24)12-18(25)22-16-10-14(20)9-15(21)11-16/h1-4,9-11H,5-8,12H2,(H,22,25). The molecule has 4 nitrogen and oxygen atoms in total. The number of amides is 1. The highest BCUT2D eigenvalue weighted by molar-refractivity contribution is 5.92. The summed E-state index contributed by atoms with van der Waals surface area (Å²) in [6.45, 7) is 2.92. The molecule has 0 unspecified atom stereocenters. The Morgan fingerprint density at radius 3 is 2.08 bits per heavy atom. The number of nitrogens with one attached hydrogen (secondary N) is 1. The van der Waals surface area contributed by atoms with Crippen LogP contribution in [-0.4, -0.2) is 43.5 Å². The van der Waals surface area contributed by atoms with Crippen LogP contribution in [0.4, 0.5) is 24.5 Å². The molecule has 1 fully saturated rings. The Labute approximate surface area is 143 Å². The Morgan fingerprint density at radius 2 is 1.48 bits per heavy atom. The van der Waals surface area contributed by atoms with E-state index in [0.29, 0.717) is 26.2 Å². The lowest BCUT2D eigenvalue weighted by atomic mass is 10.2. The van der Waals surface area contributed by atoms with Gasteiger partial charge in [-0.15, -0.1) is 0 Å². The van der Waals surface area contributed by atoms with Crippen molar-refractivity contribution in [3.05, 3.63) is 59.9 Å². The van der Waals surface area contributed by atoms with Crippen molar-refractivity contribution in [1.82, 2.24) is 4.90 Å². The van der Waals surface area contributed by atoms with Crippen molar-refractivity contribution in [2.24, 2.45) is 0 Å². The van der Waals surface area contributed by atoms with E-state index in [0.717, 1.165) is 23.9 Å². The van der Waals surface area contributed by atoms with E-state index in [-0.39, 0.29) is 24.0 Å². The first-order valence-electron chi connectivity index (χ1n) is 7.98. The van der Waals surface area contributed by atoms with Gasteiger partial charge in [0.25, 0.3) is 0 Å². The summed E-state index contributed by atoms with van der Waals surface area (Å²) in [6.07, 6.45) is 0. The molecule has 0 atom stereocenters. The number of nitrogens with zero attached hydrogens (tertiary/aromatic N) is 2. The van der Waals surface area contributed by atoms with Crippen LogP contribution in [0.25, 0.3) is 0 Å². The largest absolute Gasteiger partial charge is 0.369 e. The number of benzene rings is 2. The van der Waals surface area contributed by atoms with Crippen molar-refractivity contribution in [3.63, 3.8) is 0 Å². The Hall–Kier alpha value is -2.54. The van der Waals surface area contributed by atoms with E-state index in [4.69, 9.17) is 0 Å². The molecular weight excluding hydrogens is 331 g/mol. The quantitative estimate of drug-likeness (QED) is 0.922. The SMILES string of the molecule is O=C(CN1CCN(c2ccc(F)cc2)CC1)Nc1cc(F)cc(F)c1. The molecule has 1 heterocycles. The van der Waals surface area contributed by atoms with Gasteiger partial charge in [-0.2, -0.15) is 0 Å². The van der Waals surface area contributed by atoms with Gasteiger partial charge in [-0.1, -0.05) is 0 Å². The molecule has 0 spiro atoms. The van der Waals surface area contributed by atoms with Crippen LogP contribution < -0.4 is 10.2 Å². The molecule has 0 aromatic heterocycles. The van der Waals surface area contributed by atoms with E-state index >= 15 is 0 Å². The second-order valence-corrected chi connectivity index (χ2v) is 5.95. The lowest BCUT2D eigenvalue weighted by molar-refractivity contribution is -0.117. The first kappa shape index (κ1) is 17.3. The monoisotopic (exact) mass is 349 g/mol. The minimum absolute atomic E-state index is 0.104. The van der Waals surface area contributed by atoms with Crippen LogP contribution in [0.15, 0.2) is 42.5 Å². The first-order valence-corrected chi connectivity index (χ1v) is 7.98. The molecule has 2 aromatic carbocycles. The van der Waals surface area contributed by atoms with E-state index < -0.39 is 11.6 Å². The zero-order valence-corrected chi connectivity index (χ0v) is 13.5. The maximum Gasteiger partial charge on any atom is 0.238 e. The molecule has 0 bridgehead atoms. The van der Waals surface area contributed by atoms with E-state index in [1.165, 1.54) is 12.1 Å². The second-order valence-electron chi connectivity index (χ2n) is 5.95. The molecular formula is C18H18F3N3O. The Morgan fingerprint density at radius 1 is 0.880 bits per heavy atom. The Bertz CT molecular complexity index is 723. The van der Waals surface area contributed by atoms with Gasteiger partial charge in [0, 0.05) is 43.6 Å². The number of hydrogen-bond acceptors (Lipinski definition) is 3. The first-order chi connectivity index (χ1) is 12.0. The molecule has 0 aliphatic carbocycles. The number of carbonyl (C=O) groups excluding carboxylic acids is 1. The van der Waals surface area contributed by atoms with Gasteiger partial charge in [-0.25, -0.2) is 13.2 Å². The number of anilines is 2. The molecule has 3 rings (SSSR count). The normalized spacial score (nSPS) is 15.2. The zero-order chi connectivity index (χ0) is 17.8. The molecule has 1 amide bonds. The summed E-state index contributed by atoms with van der Waals surface area (Å²) in [7, 11) is 0. The number of halogens is 3. The Kier molecular flexibility index (Phi) is 5.23. The summed E-state index contributed by atoms with van der Waals surface area (Å²) >= 11 is 0. The van der Waals surface area contributed by atoms with Crippen molar-refractivity contribution in [3.8, 4) is 0 Å². The van der Waals surface area contributed by atoms with Gasteiger partial charge in [-0.3, -0.25) is 9.69 Å². The van der Waals surface area contributed by atoms with Crippen LogP contribution in [0.3, 0.4) is 0 Å². The molecule has 2 aromatic rings. The number of hydrogen-bond donors (Lipinski definition) is 1. The summed E-state index contributed by atoms with van der Waals surface area (Å²) in [5, 5.41) is 2.50. The van der Waals surface area contributed by atoms with Gasteiger partial charge in [-0.05, 0) is 36.4 Å². The van der Waals surface area contributed by atoms with E-state index in [1.807, 2.05) is 4.90 Å². The number of carbonyl (C=O) groups is 1. The summed E-state index contributed by atoms with van der Waals surface area (Å²) in [4.78, 5) is 16.1. The third kappa shape index (κ3) is 4.73. The highest BCUT2D eigenvalue weighted by Gasteiger charge is 2.19. The maximum absolute atomic E-state index is 13.1. The molecule has 1 aliphatic heterocycles. The van der Waals surface area contributed by atoms with Crippen molar-refractivity contribution >= 4 is 17.3 Å². The van der Waals surface area contributed by atoms with Gasteiger partial charge in [0.15, 0.2) is 0 Å². The highest BCUT2D eigenvalue weighted by Crippen LogP contribution is 2.17. The summed E-state index contributed by atoms with van der Waals surface area (Å²) in [6, 6.07) is 9.22. The van der Waals surface area contributed by atoms with E-state index in [2.05, 4.69) is 10.2 Å². The van der Waals surface area contributed by atoms with Gasteiger partial charge in [0.05, 0.1) is 6.54 Å². The highest BCUT2D eigenvalue weighted by atomic mass is 19.1. The molecule has 0 saturated carbocycles. The summed E-state index contributed by atoms with van der Waals surface area (Å²) < 4.78 is 39.2. The minimum Gasteiger partial charge on any atom is -0.369 e. The predicted octanol–water partition coefficient (Wildman–Crippen LogP) is 2.86. The van der Waals surface area contributed by atoms with E-state index in [1.54, 1.807) is 12.1 Å². The minimum atomic E-state index is -0.733. The van der Waals surface area contributed by atoms with Crippen LogP contribution in [0, 0.1) is 17.5 Å². The lowest BCUT2D eigenvalue weighted by Gasteiger charge is -2.35. The maximum atomic E-state index is 13.1. The third-order valence-corrected chi connectivity index (χ3v) is 4.08. The summed E-state index contributed by atoms with van der Waals surface area (Å²) in [5.41, 5.74) is 1.05. The smallest absolute Gasteiger partial charge is 0.238 e. The molecule has 7 heteroatoms. The van der Waals surface area contributed by atoms with Crippen LogP contribution >= 0.6 is 0 Å². The third-order valence-electron chi connectivity index (χ3n) is 4.08. The number of rotatable bonds is 4. The number of piperazine rings is 1. The predicted molar refractivity (Wildman–Crippen MR) is 90.0 cm³/mol. The fourth-order valence-electron chi connectivity index (χ4n) is 2.85. The van der Waals surface area contributed by atoms with Crippen molar-refractivity contribution in [1.29, 1.82) is 0 Å². The fourth-order valence-corrected chi connectivity index (χ4v) is 2.85. The van der Waals surface area contributed by atoms with Crippen LogP contribution in [0.2, 0.25) is 0 Å².